The molecule has 0 amide bonds. The zero-order chi connectivity index (χ0) is 25.1. The molecule has 0 aromatic carbocycles. The van der Waals surface area contributed by atoms with Crippen molar-refractivity contribution >= 4 is 0 Å². The topological polar surface area (TPSA) is 140 Å². The molecule has 0 bridgehead atoms. The van der Waals surface area contributed by atoms with Gasteiger partial charge < -0.3 is 40.1 Å². The number of aliphatic hydroxyl groups is 6. The van der Waals surface area contributed by atoms with Crippen molar-refractivity contribution in [2.45, 2.75) is 89.5 Å². The number of hydrogen-bond donors (Lipinski definition) is 6. The van der Waals surface area contributed by atoms with Gasteiger partial charge in [0, 0.05) is 0 Å². The number of allylic oxidation sites excluding steroid dienone is 1. The first-order valence-corrected chi connectivity index (χ1v) is 12.6. The minimum absolute atomic E-state index is 0.0147. The highest BCUT2D eigenvalue weighted by atomic mass is 16.7. The Balaban J connectivity index is 1.73. The lowest BCUT2D eigenvalue weighted by Crippen LogP contribution is -2.60. The van der Waals surface area contributed by atoms with Gasteiger partial charge in [-0.2, -0.15) is 0 Å². The van der Waals surface area contributed by atoms with E-state index in [1.165, 1.54) is 5.57 Å². The fourth-order valence-electron chi connectivity index (χ4n) is 6.97. The first kappa shape index (κ1) is 27.7. The maximum atomic E-state index is 10.4. The fraction of sp³-hybridized carbons (Fsp3) is 0.846. The first-order valence-electron chi connectivity index (χ1n) is 12.6. The number of fused-ring (bicyclic) bond motifs is 1. The van der Waals surface area contributed by atoms with Crippen molar-refractivity contribution < 1.29 is 40.1 Å². The second-order valence-electron chi connectivity index (χ2n) is 11.1. The van der Waals surface area contributed by atoms with Crippen molar-refractivity contribution in [3.63, 3.8) is 0 Å². The van der Waals surface area contributed by atoms with Gasteiger partial charge in [0.25, 0.3) is 0 Å². The molecule has 6 N–H and O–H groups in total. The summed E-state index contributed by atoms with van der Waals surface area (Å²) in [5, 5.41) is 58.8. The Morgan fingerprint density at radius 3 is 2.50 bits per heavy atom. The van der Waals surface area contributed by atoms with Crippen LogP contribution in [0.4, 0.5) is 0 Å². The highest BCUT2D eigenvalue weighted by Crippen LogP contribution is 2.62. The van der Waals surface area contributed by atoms with Crippen LogP contribution in [0.25, 0.3) is 0 Å². The van der Waals surface area contributed by atoms with E-state index in [-0.39, 0.29) is 24.0 Å². The molecule has 34 heavy (non-hydrogen) atoms. The average Bonchev–Trinajstić information content (AvgIpc) is 2.80. The largest absolute Gasteiger partial charge is 0.394 e. The third-order valence-electron chi connectivity index (χ3n) is 8.91. The van der Waals surface area contributed by atoms with Crippen LogP contribution in [0.1, 0.15) is 58.8 Å². The maximum Gasteiger partial charge on any atom is 0.186 e. The monoisotopic (exact) mass is 484 g/mol. The van der Waals surface area contributed by atoms with Crippen LogP contribution in [0.5, 0.6) is 0 Å². The van der Waals surface area contributed by atoms with Crippen LogP contribution >= 0.6 is 0 Å². The summed E-state index contributed by atoms with van der Waals surface area (Å²) in [6, 6.07) is 0. The summed E-state index contributed by atoms with van der Waals surface area (Å²) >= 11 is 0. The number of aliphatic hydroxyl groups excluding tert-OH is 6. The lowest BCUT2D eigenvalue weighted by Gasteiger charge is -2.59. The van der Waals surface area contributed by atoms with Crippen LogP contribution in [0.2, 0.25) is 0 Å². The molecule has 1 saturated heterocycles. The zero-order valence-electron chi connectivity index (χ0n) is 20.6. The summed E-state index contributed by atoms with van der Waals surface area (Å²) in [4.78, 5) is 0. The smallest absolute Gasteiger partial charge is 0.186 e. The van der Waals surface area contributed by atoms with Crippen LogP contribution in [0, 0.1) is 22.7 Å². The minimum atomic E-state index is -1.45. The molecule has 0 aromatic rings. The Kier molecular flexibility index (Phi) is 9.36. The third-order valence-corrected chi connectivity index (χ3v) is 8.91. The van der Waals surface area contributed by atoms with Crippen LogP contribution in [0.15, 0.2) is 23.8 Å². The fourth-order valence-corrected chi connectivity index (χ4v) is 6.97. The normalized spacial score (nSPS) is 43.6. The molecule has 0 spiro atoms. The maximum absolute atomic E-state index is 10.4. The van der Waals surface area contributed by atoms with Gasteiger partial charge in [-0.05, 0) is 66.8 Å². The van der Waals surface area contributed by atoms with E-state index in [0.717, 1.165) is 50.5 Å². The average molecular weight is 485 g/mol. The van der Waals surface area contributed by atoms with Crippen molar-refractivity contribution in [2.24, 2.45) is 22.7 Å². The molecule has 1 heterocycles. The molecular weight excluding hydrogens is 440 g/mol. The predicted molar refractivity (Wildman–Crippen MR) is 127 cm³/mol. The van der Waals surface area contributed by atoms with Gasteiger partial charge >= 0.3 is 0 Å². The molecule has 2 saturated carbocycles. The van der Waals surface area contributed by atoms with Crippen molar-refractivity contribution in [1.82, 2.24) is 0 Å². The van der Waals surface area contributed by atoms with Gasteiger partial charge in [-0.25, -0.2) is 0 Å². The van der Waals surface area contributed by atoms with E-state index < -0.39 is 37.3 Å². The van der Waals surface area contributed by atoms with E-state index in [9.17, 15) is 30.6 Å². The molecule has 0 aromatic heterocycles. The molecule has 8 heteroatoms. The molecule has 2 aliphatic carbocycles. The molecule has 3 fully saturated rings. The second-order valence-corrected chi connectivity index (χ2v) is 11.1. The van der Waals surface area contributed by atoms with Crippen molar-refractivity contribution in [2.75, 3.05) is 26.4 Å². The SMILES string of the molecule is C=C1CCC2C(C)(COC3OC(CO)C(O)C(O)C3O)CCCC2(C)C1CCC(=CCO)CO. The van der Waals surface area contributed by atoms with Gasteiger partial charge in [0.15, 0.2) is 6.29 Å². The quantitative estimate of drug-likeness (QED) is 0.269. The lowest BCUT2D eigenvalue weighted by molar-refractivity contribution is -0.309. The number of hydrogen-bond acceptors (Lipinski definition) is 8. The molecule has 3 aliphatic rings. The lowest BCUT2D eigenvalue weighted by atomic mass is 9.47. The van der Waals surface area contributed by atoms with Gasteiger partial charge in [-0.1, -0.05) is 38.5 Å². The van der Waals surface area contributed by atoms with Crippen molar-refractivity contribution in [1.29, 1.82) is 0 Å². The van der Waals surface area contributed by atoms with Crippen LogP contribution in [-0.4, -0.2) is 87.8 Å². The third kappa shape index (κ3) is 5.44. The molecule has 9 atom stereocenters. The molecule has 9 unspecified atom stereocenters. The first-order chi connectivity index (χ1) is 16.1. The van der Waals surface area contributed by atoms with Crippen LogP contribution < -0.4 is 0 Å². The summed E-state index contributed by atoms with van der Waals surface area (Å²) in [6.07, 6.45) is 1.94. The van der Waals surface area contributed by atoms with Crippen molar-refractivity contribution in [3.8, 4) is 0 Å². The van der Waals surface area contributed by atoms with E-state index in [1.807, 2.05) is 0 Å². The minimum Gasteiger partial charge on any atom is -0.394 e. The van der Waals surface area contributed by atoms with Gasteiger partial charge in [0.1, 0.15) is 24.4 Å². The summed E-state index contributed by atoms with van der Waals surface area (Å²) < 4.78 is 11.6. The second kappa shape index (κ2) is 11.5. The van der Waals surface area contributed by atoms with Gasteiger partial charge in [0.05, 0.1) is 26.4 Å². The van der Waals surface area contributed by atoms with E-state index in [0.29, 0.717) is 18.4 Å². The highest BCUT2D eigenvalue weighted by molar-refractivity contribution is 5.17. The van der Waals surface area contributed by atoms with Crippen LogP contribution in [-0.2, 0) is 9.47 Å². The summed E-state index contributed by atoms with van der Waals surface area (Å²) in [7, 11) is 0. The molecule has 1 aliphatic heterocycles. The van der Waals surface area contributed by atoms with Gasteiger partial charge in [0.2, 0.25) is 0 Å². The number of ether oxygens (including phenoxy) is 2. The van der Waals surface area contributed by atoms with E-state index in [1.54, 1.807) is 6.08 Å². The Labute approximate surface area is 202 Å². The molecule has 8 nitrogen and oxygen atoms in total. The summed E-state index contributed by atoms with van der Waals surface area (Å²) in [5.74, 6) is 0.653. The predicted octanol–water partition coefficient (Wildman–Crippen LogP) is 1.27. The van der Waals surface area contributed by atoms with Crippen LogP contribution in [0.3, 0.4) is 0 Å². The molecule has 3 rings (SSSR count). The van der Waals surface area contributed by atoms with E-state index in [2.05, 4.69) is 20.4 Å². The van der Waals surface area contributed by atoms with Gasteiger partial charge in [-0.15, -0.1) is 0 Å². The Bertz CT molecular complexity index is 724. The Morgan fingerprint density at radius 1 is 1.12 bits per heavy atom. The van der Waals surface area contributed by atoms with Crippen molar-refractivity contribution in [3.05, 3.63) is 23.8 Å². The van der Waals surface area contributed by atoms with E-state index >= 15 is 0 Å². The van der Waals surface area contributed by atoms with E-state index in [4.69, 9.17) is 9.47 Å². The summed E-state index contributed by atoms with van der Waals surface area (Å²) in [6.45, 7) is 8.69. The summed E-state index contributed by atoms with van der Waals surface area (Å²) in [5.41, 5.74) is 1.94. The number of rotatable bonds is 9. The van der Waals surface area contributed by atoms with Gasteiger partial charge in [-0.3, -0.25) is 0 Å². The molecule has 0 radical (unpaired) electrons. The molecular formula is C26H44O8. The highest BCUT2D eigenvalue weighted by Gasteiger charge is 2.55. The zero-order valence-corrected chi connectivity index (χ0v) is 20.6. The Hall–Kier alpha value is -0.840. The molecule has 196 valence electrons. The standard InChI is InChI=1S/C26H44O8/c1-16-5-8-20-25(2,15-33-24-23(32)22(31)21(30)19(14-29)34-24)10-4-11-26(20,3)18(16)7-6-17(13-28)9-12-27/h9,18-24,27-32H,1,4-8,10-15H2,2-3H3. The Morgan fingerprint density at radius 2 is 1.85 bits per heavy atom.